The molecule has 1 aliphatic heterocycles. The molecule has 206 valence electrons. The Hall–Kier alpha value is -3.79. The van der Waals surface area contributed by atoms with Crippen molar-refractivity contribution in [3.63, 3.8) is 0 Å². The van der Waals surface area contributed by atoms with Gasteiger partial charge < -0.3 is 24.8 Å². The number of ketones is 1. The summed E-state index contributed by atoms with van der Waals surface area (Å²) in [4.78, 5) is 21.0. The van der Waals surface area contributed by atoms with Crippen molar-refractivity contribution in [1.82, 2.24) is 9.97 Å². The zero-order valence-corrected chi connectivity index (χ0v) is 21.1. The number of anilines is 2. The van der Waals surface area contributed by atoms with Crippen molar-refractivity contribution < 1.29 is 36.0 Å². The smallest absolute Gasteiger partial charge is 0.177 e. The molecule has 5 rings (SSSR count). The van der Waals surface area contributed by atoms with E-state index in [1.165, 1.54) is 18.3 Å². The first-order chi connectivity index (χ1) is 21.2. The Morgan fingerprint density at radius 1 is 1.21 bits per heavy atom. The number of nitrogens with zero attached hydrogens (tertiary/aromatic N) is 2. The Morgan fingerprint density at radius 3 is 2.67 bits per heavy atom. The maximum atomic E-state index is 15.8. The van der Waals surface area contributed by atoms with Crippen LogP contribution in [0.3, 0.4) is 0 Å². The SMILES string of the molecule is [2H]C([2H])([2H])Oc1cc(OC([2H])([2H])[2H])c(F)c(-c2cc3cnc(N[C@@H]4COCC[C@@H]4CC(=O)C=C)cc3c(NCC3CC3)n2)c1F. The number of halogens is 2. The highest BCUT2D eigenvalue weighted by atomic mass is 19.1. The number of allylic oxidation sites excluding steroid dienone is 1. The van der Waals surface area contributed by atoms with Gasteiger partial charge in [0.15, 0.2) is 28.9 Å². The average molecular weight is 545 g/mol. The molecule has 0 amide bonds. The summed E-state index contributed by atoms with van der Waals surface area (Å²) in [5, 5.41) is 7.59. The third kappa shape index (κ3) is 5.80. The summed E-state index contributed by atoms with van der Waals surface area (Å²) in [6.45, 7) is 5.00. The summed E-state index contributed by atoms with van der Waals surface area (Å²) in [7, 11) is -6.26. The molecule has 1 saturated carbocycles. The molecule has 2 aromatic heterocycles. The Kier molecular flexibility index (Phi) is 5.96. The highest BCUT2D eigenvalue weighted by Gasteiger charge is 2.28. The van der Waals surface area contributed by atoms with Crippen molar-refractivity contribution in [3.05, 3.63) is 48.7 Å². The molecule has 10 heteroatoms. The van der Waals surface area contributed by atoms with Crippen LogP contribution in [0.5, 0.6) is 11.5 Å². The molecule has 0 unspecified atom stereocenters. The number of carbonyl (C=O) groups excluding carboxylic acids is 1. The van der Waals surface area contributed by atoms with E-state index in [0.29, 0.717) is 61.2 Å². The molecule has 2 atom stereocenters. The molecular weight excluding hydrogens is 506 g/mol. The van der Waals surface area contributed by atoms with E-state index in [4.69, 9.17) is 22.4 Å². The second-order valence-electron chi connectivity index (χ2n) is 9.80. The number of nitrogens with one attached hydrogen (secondary N) is 2. The highest BCUT2D eigenvalue weighted by Crippen LogP contribution is 2.39. The quantitative estimate of drug-likeness (QED) is 0.311. The lowest BCUT2D eigenvalue weighted by molar-refractivity contribution is -0.116. The van der Waals surface area contributed by atoms with Crippen LogP contribution in [0.25, 0.3) is 22.0 Å². The number of aromatic nitrogens is 2. The van der Waals surface area contributed by atoms with Gasteiger partial charge in [-0.2, -0.15) is 0 Å². The molecule has 3 heterocycles. The number of fused-ring (bicyclic) bond motifs is 1. The number of ether oxygens (including phenoxy) is 3. The first-order valence-electron chi connectivity index (χ1n) is 15.7. The van der Waals surface area contributed by atoms with E-state index in [-0.39, 0.29) is 29.3 Å². The fraction of sp³-hybridized carbons (Fsp3) is 0.414. The van der Waals surface area contributed by atoms with Crippen LogP contribution < -0.4 is 20.1 Å². The number of hydrogen-bond acceptors (Lipinski definition) is 8. The summed E-state index contributed by atoms with van der Waals surface area (Å²) in [6.07, 6.45) is 5.80. The highest BCUT2D eigenvalue weighted by molar-refractivity contribution is 5.96. The van der Waals surface area contributed by atoms with Crippen LogP contribution in [0, 0.1) is 23.5 Å². The molecular formula is C29H32F2N4O4. The zero-order valence-electron chi connectivity index (χ0n) is 27.1. The lowest BCUT2D eigenvalue weighted by Crippen LogP contribution is -2.39. The van der Waals surface area contributed by atoms with E-state index in [1.807, 2.05) is 0 Å². The summed E-state index contributed by atoms with van der Waals surface area (Å²) >= 11 is 0. The van der Waals surface area contributed by atoms with Crippen molar-refractivity contribution in [2.45, 2.75) is 31.7 Å². The molecule has 0 bridgehead atoms. The molecule has 0 spiro atoms. The van der Waals surface area contributed by atoms with E-state index in [9.17, 15) is 4.79 Å². The monoisotopic (exact) mass is 544 g/mol. The van der Waals surface area contributed by atoms with Gasteiger partial charge in [0.25, 0.3) is 0 Å². The molecule has 39 heavy (non-hydrogen) atoms. The maximum Gasteiger partial charge on any atom is 0.177 e. The Labute approximate surface area is 234 Å². The predicted octanol–water partition coefficient (Wildman–Crippen LogP) is 5.38. The fourth-order valence-electron chi connectivity index (χ4n) is 4.73. The van der Waals surface area contributed by atoms with Gasteiger partial charge in [0.1, 0.15) is 11.6 Å². The Bertz CT molecular complexity index is 1560. The summed E-state index contributed by atoms with van der Waals surface area (Å²) in [5.74, 6) is -3.59. The molecule has 0 radical (unpaired) electrons. The fourth-order valence-corrected chi connectivity index (χ4v) is 4.73. The minimum atomic E-state index is -3.13. The van der Waals surface area contributed by atoms with E-state index < -0.39 is 42.8 Å². The largest absolute Gasteiger partial charge is 0.494 e. The minimum absolute atomic E-state index is 0.00336. The molecule has 2 N–H and O–H groups in total. The van der Waals surface area contributed by atoms with Crippen molar-refractivity contribution in [2.24, 2.45) is 11.8 Å². The molecule has 1 aromatic carbocycles. The average Bonchev–Trinajstić information content (AvgIpc) is 3.79. The van der Waals surface area contributed by atoms with E-state index in [2.05, 4.69) is 27.2 Å². The number of benzene rings is 1. The number of pyridine rings is 2. The number of methoxy groups -OCH3 is 2. The maximum absolute atomic E-state index is 15.8. The first-order valence-corrected chi connectivity index (χ1v) is 12.7. The van der Waals surface area contributed by atoms with Crippen molar-refractivity contribution in [3.8, 4) is 22.8 Å². The lowest BCUT2D eigenvalue weighted by atomic mass is 9.89. The van der Waals surface area contributed by atoms with Gasteiger partial charge in [-0.15, -0.1) is 0 Å². The first kappa shape index (κ1) is 20.2. The van der Waals surface area contributed by atoms with Gasteiger partial charge >= 0.3 is 0 Å². The molecule has 8 nitrogen and oxygen atoms in total. The van der Waals surface area contributed by atoms with E-state index in [1.54, 1.807) is 6.07 Å². The lowest BCUT2D eigenvalue weighted by Gasteiger charge is -2.32. The third-order valence-electron chi connectivity index (χ3n) is 7.10. The van der Waals surface area contributed by atoms with Gasteiger partial charge in [-0.05, 0) is 49.3 Å². The van der Waals surface area contributed by atoms with Crippen LogP contribution in [0.15, 0.2) is 37.1 Å². The van der Waals surface area contributed by atoms with Crippen molar-refractivity contribution in [1.29, 1.82) is 0 Å². The van der Waals surface area contributed by atoms with Crippen LogP contribution in [-0.4, -0.2) is 55.6 Å². The normalized spacial score (nSPS) is 21.9. The Morgan fingerprint density at radius 2 is 1.97 bits per heavy atom. The van der Waals surface area contributed by atoms with E-state index >= 15 is 8.78 Å². The summed E-state index contributed by atoms with van der Waals surface area (Å²) < 4.78 is 90.9. The predicted molar refractivity (Wildman–Crippen MR) is 145 cm³/mol. The van der Waals surface area contributed by atoms with Gasteiger partial charge in [-0.1, -0.05) is 6.58 Å². The topological polar surface area (TPSA) is 94.6 Å². The number of hydrogen-bond donors (Lipinski definition) is 2. The standard InChI is InChI=1S/C29H32F2N4O4/c1-4-19(36)9-17-7-8-39-15-22(17)34-25-11-20-18(14-32-25)10-21(35-29(20)33-13-16-5-6-16)26-27(30)23(37-2)12-24(38-3)28(26)31/h4,10-12,14,16-17,22H,1,5-9,13,15H2,2-3H3,(H,32,34)(H,33,35)/t17-,22-/m1/s1/i2D3,3D3. The number of rotatable bonds is 11. The minimum Gasteiger partial charge on any atom is -0.494 e. The zero-order chi connectivity index (χ0) is 32.5. The van der Waals surface area contributed by atoms with Gasteiger partial charge in [-0.3, -0.25) is 4.79 Å². The van der Waals surface area contributed by atoms with Crippen molar-refractivity contribution >= 4 is 28.2 Å². The van der Waals surface area contributed by atoms with Crippen LogP contribution >= 0.6 is 0 Å². The van der Waals surface area contributed by atoms with Crippen LogP contribution in [0.1, 0.15) is 33.9 Å². The third-order valence-corrected chi connectivity index (χ3v) is 7.10. The summed E-state index contributed by atoms with van der Waals surface area (Å²) in [5.41, 5.74) is -1.10. The van der Waals surface area contributed by atoms with E-state index in [0.717, 1.165) is 12.8 Å². The molecule has 1 saturated heterocycles. The Balaban J connectivity index is 1.58. The second-order valence-corrected chi connectivity index (χ2v) is 9.80. The van der Waals surface area contributed by atoms with Gasteiger partial charge in [0.2, 0.25) is 0 Å². The summed E-state index contributed by atoms with van der Waals surface area (Å²) in [6, 6.07) is 3.42. The van der Waals surface area contributed by atoms with Gasteiger partial charge in [0, 0.05) is 42.6 Å². The van der Waals surface area contributed by atoms with Gasteiger partial charge in [-0.25, -0.2) is 18.7 Å². The number of carbonyl (C=O) groups is 1. The van der Waals surface area contributed by atoms with Crippen LogP contribution in [0.2, 0.25) is 0 Å². The van der Waals surface area contributed by atoms with Crippen molar-refractivity contribution in [2.75, 3.05) is 44.5 Å². The molecule has 2 aliphatic rings. The molecule has 1 aliphatic carbocycles. The second kappa shape index (κ2) is 11.5. The van der Waals surface area contributed by atoms with Crippen LogP contribution in [0.4, 0.5) is 20.4 Å². The molecule has 2 fully saturated rings. The van der Waals surface area contributed by atoms with Crippen LogP contribution in [-0.2, 0) is 9.53 Å². The molecule has 3 aromatic rings. The van der Waals surface area contributed by atoms with Gasteiger partial charge in [0.05, 0.1) is 46.2 Å².